The van der Waals surface area contributed by atoms with Gasteiger partial charge in [-0.3, -0.25) is 0 Å². The van der Waals surface area contributed by atoms with Crippen molar-refractivity contribution in [3.8, 4) is 23.1 Å². The molecule has 176 valence electrons. The van der Waals surface area contributed by atoms with Gasteiger partial charge in [-0.25, -0.2) is 9.97 Å². The molecule has 0 atom stereocenters. The Morgan fingerprint density at radius 2 is 1.94 bits per heavy atom. The van der Waals surface area contributed by atoms with E-state index >= 15 is 0 Å². The van der Waals surface area contributed by atoms with Gasteiger partial charge in [0.05, 0.1) is 31.1 Å². The minimum Gasteiger partial charge on any atom is -0.489 e. The number of benzene rings is 2. The van der Waals surface area contributed by atoms with Crippen molar-refractivity contribution in [1.29, 1.82) is 5.26 Å². The molecule has 0 amide bonds. The van der Waals surface area contributed by atoms with E-state index in [2.05, 4.69) is 38.8 Å². The number of anilines is 2. The second kappa shape index (κ2) is 12.1. The fourth-order valence-electron chi connectivity index (χ4n) is 3.67. The predicted molar refractivity (Wildman–Crippen MR) is 130 cm³/mol. The van der Waals surface area contributed by atoms with Crippen molar-refractivity contribution < 1.29 is 14.2 Å². The van der Waals surface area contributed by atoms with Crippen molar-refractivity contribution in [2.24, 2.45) is 0 Å². The topological polar surface area (TPSA) is 101 Å². The van der Waals surface area contributed by atoms with Crippen LogP contribution in [0.15, 0.2) is 54.7 Å². The Kier molecular flexibility index (Phi) is 8.41. The van der Waals surface area contributed by atoms with E-state index in [1.54, 1.807) is 13.3 Å². The average Bonchev–Trinajstić information content (AvgIpc) is 2.88. The molecule has 0 unspecified atom stereocenters. The number of nitrogens with zero attached hydrogens (tertiary/aromatic N) is 3. The van der Waals surface area contributed by atoms with Crippen LogP contribution < -0.4 is 15.4 Å². The Bertz CT molecular complexity index is 1110. The van der Waals surface area contributed by atoms with Gasteiger partial charge in [0.2, 0.25) is 5.95 Å². The van der Waals surface area contributed by atoms with Crippen LogP contribution in [-0.4, -0.2) is 49.5 Å². The Balaban J connectivity index is 1.42. The summed E-state index contributed by atoms with van der Waals surface area (Å²) in [5, 5.41) is 16.2. The van der Waals surface area contributed by atoms with Crippen molar-refractivity contribution in [2.75, 3.05) is 38.8 Å². The molecule has 1 aliphatic heterocycles. The zero-order chi connectivity index (χ0) is 23.6. The van der Waals surface area contributed by atoms with Crippen molar-refractivity contribution in [1.82, 2.24) is 15.3 Å². The number of nitriles is 1. The summed E-state index contributed by atoms with van der Waals surface area (Å²) in [6.45, 7) is 3.66. The van der Waals surface area contributed by atoms with Crippen molar-refractivity contribution in [3.63, 3.8) is 0 Å². The van der Waals surface area contributed by atoms with Crippen LogP contribution in [0.25, 0.3) is 11.3 Å². The van der Waals surface area contributed by atoms with Gasteiger partial charge < -0.3 is 24.8 Å². The second-order valence-electron chi connectivity index (χ2n) is 8.01. The molecule has 8 heteroatoms. The van der Waals surface area contributed by atoms with Gasteiger partial charge in [-0.15, -0.1) is 0 Å². The molecule has 3 aromatic rings. The van der Waals surface area contributed by atoms with Crippen LogP contribution in [0.4, 0.5) is 11.6 Å². The third-order valence-electron chi connectivity index (χ3n) is 5.54. The lowest BCUT2D eigenvalue weighted by atomic mass is 10.1. The highest BCUT2D eigenvalue weighted by Gasteiger charge is 2.17. The van der Waals surface area contributed by atoms with E-state index in [9.17, 15) is 5.26 Å². The number of hydrogen-bond acceptors (Lipinski definition) is 8. The molecule has 0 spiro atoms. The Morgan fingerprint density at radius 1 is 1.12 bits per heavy atom. The van der Waals surface area contributed by atoms with E-state index in [4.69, 9.17) is 14.2 Å². The van der Waals surface area contributed by atoms with Gasteiger partial charge in [0.1, 0.15) is 17.9 Å². The minimum atomic E-state index is 0.0779. The Labute approximate surface area is 199 Å². The van der Waals surface area contributed by atoms with E-state index in [0.29, 0.717) is 37.1 Å². The molecule has 4 rings (SSSR count). The van der Waals surface area contributed by atoms with Crippen LogP contribution in [0, 0.1) is 11.3 Å². The molecule has 1 aliphatic rings. The molecule has 8 nitrogen and oxygen atoms in total. The molecule has 1 fully saturated rings. The maximum absolute atomic E-state index is 9.66. The first-order valence-electron chi connectivity index (χ1n) is 11.4. The van der Waals surface area contributed by atoms with Crippen molar-refractivity contribution in [3.05, 3.63) is 65.9 Å². The molecule has 0 saturated carbocycles. The Hall–Kier alpha value is -3.51. The zero-order valence-electron chi connectivity index (χ0n) is 19.3. The lowest BCUT2D eigenvalue weighted by molar-refractivity contribution is 0.0254. The van der Waals surface area contributed by atoms with Gasteiger partial charge in [-0.1, -0.05) is 12.1 Å². The van der Waals surface area contributed by atoms with Gasteiger partial charge in [0, 0.05) is 50.5 Å². The van der Waals surface area contributed by atoms with E-state index in [1.165, 1.54) is 5.56 Å². The van der Waals surface area contributed by atoms with Gasteiger partial charge in [0.15, 0.2) is 0 Å². The van der Waals surface area contributed by atoms with Gasteiger partial charge in [-0.05, 0) is 42.0 Å². The van der Waals surface area contributed by atoms with Crippen LogP contribution in [0.2, 0.25) is 0 Å². The molecule has 0 radical (unpaired) electrons. The summed E-state index contributed by atoms with van der Waals surface area (Å²) in [5.41, 5.74) is 4.13. The number of nitrogens with one attached hydrogen (secondary N) is 2. The maximum Gasteiger partial charge on any atom is 0.227 e. The first kappa shape index (κ1) is 23.6. The number of aromatic nitrogens is 2. The van der Waals surface area contributed by atoms with Crippen LogP contribution in [0.3, 0.4) is 0 Å². The largest absolute Gasteiger partial charge is 0.489 e. The fraction of sp³-hybridized carbons (Fsp3) is 0.346. The summed E-state index contributed by atoms with van der Waals surface area (Å²) in [6, 6.07) is 17.8. The van der Waals surface area contributed by atoms with Crippen LogP contribution in [-0.2, 0) is 16.0 Å². The summed E-state index contributed by atoms with van der Waals surface area (Å²) >= 11 is 0. The molecule has 34 heavy (non-hydrogen) atoms. The molecule has 0 bridgehead atoms. The monoisotopic (exact) mass is 459 g/mol. The Morgan fingerprint density at radius 3 is 2.71 bits per heavy atom. The van der Waals surface area contributed by atoms with E-state index in [1.807, 2.05) is 36.4 Å². The molecular formula is C26H29N5O3. The number of ether oxygens (including phenoxy) is 3. The highest BCUT2D eigenvalue weighted by Crippen LogP contribution is 2.28. The van der Waals surface area contributed by atoms with Crippen LogP contribution in [0.5, 0.6) is 5.75 Å². The molecular weight excluding hydrogens is 430 g/mol. The lowest BCUT2D eigenvalue weighted by Crippen LogP contribution is -2.26. The number of rotatable bonds is 10. The molecule has 0 aliphatic carbocycles. The molecule has 2 N–H and O–H groups in total. The normalized spacial score (nSPS) is 13.9. The first-order valence-corrected chi connectivity index (χ1v) is 11.4. The lowest BCUT2D eigenvalue weighted by Gasteiger charge is -2.23. The fourth-order valence-corrected chi connectivity index (χ4v) is 3.67. The van der Waals surface area contributed by atoms with E-state index in [0.717, 1.165) is 42.9 Å². The summed E-state index contributed by atoms with van der Waals surface area (Å²) in [6.07, 6.45) is 3.45. The molecule has 1 aromatic heterocycles. The predicted octanol–water partition coefficient (Wildman–Crippen LogP) is 4.05. The minimum absolute atomic E-state index is 0.0779. The molecule has 2 heterocycles. The van der Waals surface area contributed by atoms with Crippen molar-refractivity contribution >= 4 is 11.6 Å². The third-order valence-corrected chi connectivity index (χ3v) is 5.54. The zero-order valence-corrected chi connectivity index (χ0v) is 19.3. The summed E-state index contributed by atoms with van der Waals surface area (Å²) in [7, 11) is 1.69. The standard InChI is InChI=1S/C26H29N5O3/c1-32-15-12-28-18-19-2-5-22(6-3-19)30-26-29-11-8-24(31-26)20-4-7-25(21(16-20)17-27)34-23-9-13-33-14-10-23/h2-8,11,16,23,28H,9-10,12-15,18H2,1H3,(H,29,30,31). The smallest absolute Gasteiger partial charge is 0.227 e. The van der Waals surface area contributed by atoms with Crippen molar-refractivity contribution in [2.45, 2.75) is 25.5 Å². The maximum atomic E-state index is 9.66. The SMILES string of the molecule is COCCNCc1ccc(Nc2nccc(-c3ccc(OC4CCOCC4)c(C#N)c3)n2)cc1. The van der Waals surface area contributed by atoms with Gasteiger partial charge in [0.25, 0.3) is 0 Å². The number of methoxy groups -OCH3 is 1. The summed E-state index contributed by atoms with van der Waals surface area (Å²) in [4.78, 5) is 8.98. The van der Waals surface area contributed by atoms with Gasteiger partial charge >= 0.3 is 0 Å². The second-order valence-corrected chi connectivity index (χ2v) is 8.01. The molecule has 1 saturated heterocycles. The highest BCUT2D eigenvalue weighted by molar-refractivity contribution is 5.65. The first-order chi connectivity index (χ1) is 16.7. The van der Waals surface area contributed by atoms with Crippen LogP contribution in [0.1, 0.15) is 24.0 Å². The van der Waals surface area contributed by atoms with Crippen LogP contribution >= 0.6 is 0 Å². The highest BCUT2D eigenvalue weighted by atomic mass is 16.5. The quantitative estimate of drug-likeness (QED) is 0.438. The summed E-state index contributed by atoms with van der Waals surface area (Å²) in [5.74, 6) is 1.09. The average molecular weight is 460 g/mol. The third kappa shape index (κ3) is 6.51. The molecule has 2 aromatic carbocycles. The number of hydrogen-bond donors (Lipinski definition) is 2. The van der Waals surface area contributed by atoms with E-state index < -0.39 is 0 Å². The summed E-state index contributed by atoms with van der Waals surface area (Å²) < 4.78 is 16.5. The van der Waals surface area contributed by atoms with Gasteiger partial charge in [-0.2, -0.15) is 5.26 Å². The van der Waals surface area contributed by atoms with E-state index in [-0.39, 0.29) is 6.10 Å².